The molecule has 0 radical (unpaired) electrons. The molecule has 0 saturated carbocycles. The van der Waals surface area contributed by atoms with E-state index in [1.54, 1.807) is 48.5 Å². The van der Waals surface area contributed by atoms with Crippen LogP contribution < -0.4 is 10.6 Å². The maximum absolute atomic E-state index is 13.8. The smallest absolute Gasteiger partial charge is 0.252 e. The Morgan fingerprint density at radius 2 is 2.00 bits per heavy atom. The largest absolute Gasteiger partial charge is 0.381 e. The van der Waals surface area contributed by atoms with E-state index in [2.05, 4.69) is 25.7 Å². The van der Waals surface area contributed by atoms with Crippen LogP contribution in [0.5, 0.6) is 0 Å². The molecule has 180 valence electrons. The lowest BCUT2D eigenvalue weighted by Gasteiger charge is -2.23. The first-order valence-corrected chi connectivity index (χ1v) is 11.7. The van der Waals surface area contributed by atoms with Crippen LogP contribution in [-0.2, 0) is 11.8 Å². The van der Waals surface area contributed by atoms with Gasteiger partial charge in [0.25, 0.3) is 5.91 Å². The van der Waals surface area contributed by atoms with Gasteiger partial charge in [-0.15, -0.1) is 0 Å². The quantitative estimate of drug-likeness (QED) is 0.416. The summed E-state index contributed by atoms with van der Waals surface area (Å²) in [4.78, 5) is 22.3. The number of rotatable bonds is 6. The number of benzene rings is 2. The minimum atomic E-state index is -0.568. The number of anilines is 1. The molecule has 1 fully saturated rings. The first-order chi connectivity index (χ1) is 17.0. The Kier molecular flexibility index (Phi) is 6.61. The molecule has 1 aliphatic heterocycles. The summed E-state index contributed by atoms with van der Waals surface area (Å²) in [7, 11) is 1.79. The van der Waals surface area contributed by atoms with E-state index in [-0.39, 0.29) is 17.0 Å². The molecule has 1 atom stereocenters. The standard InChI is InChI=1S/C25H24ClFN6O2/c1-33-14-18(13-29-33)23(15-4-5-21(27)20(26)10-15)32-24(34)16-2-3-17-12-28-25(31-22(17)11-16)30-19-6-8-35-9-7-19/h2-5,10-14,19,23H,6-9H2,1H3,(H,32,34)(H,28,30,31). The zero-order valence-electron chi connectivity index (χ0n) is 19.0. The van der Waals surface area contributed by atoms with Gasteiger partial charge in [0, 0.05) is 55.2 Å². The van der Waals surface area contributed by atoms with E-state index in [1.807, 2.05) is 6.07 Å². The molecule has 5 rings (SSSR count). The van der Waals surface area contributed by atoms with Gasteiger partial charge in [0.05, 0.1) is 22.8 Å². The molecule has 2 aromatic heterocycles. The minimum Gasteiger partial charge on any atom is -0.381 e. The number of amides is 1. The topological polar surface area (TPSA) is 94.0 Å². The van der Waals surface area contributed by atoms with Gasteiger partial charge in [-0.25, -0.2) is 14.4 Å². The van der Waals surface area contributed by atoms with Crippen LogP contribution in [0.4, 0.5) is 10.3 Å². The molecule has 3 heterocycles. The number of fused-ring (bicyclic) bond motifs is 1. The molecule has 1 unspecified atom stereocenters. The van der Waals surface area contributed by atoms with Gasteiger partial charge in [-0.2, -0.15) is 5.10 Å². The monoisotopic (exact) mass is 494 g/mol. The van der Waals surface area contributed by atoms with Gasteiger partial charge in [-0.1, -0.05) is 23.7 Å². The summed E-state index contributed by atoms with van der Waals surface area (Å²) in [6, 6.07) is 9.36. The van der Waals surface area contributed by atoms with Gasteiger partial charge >= 0.3 is 0 Å². The summed E-state index contributed by atoms with van der Waals surface area (Å²) in [5, 5.41) is 11.4. The third-order valence-electron chi connectivity index (χ3n) is 6.01. The predicted molar refractivity (Wildman–Crippen MR) is 131 cm³/mol. The van der Waals surface area contributed by atoms with Crippen LogP contribution in [0.15, 0.2) is 55.0 Å². The fourth-order valence-corrected chi connectivity index (χ4v) is 4.30. The fourth-order valence-electron chi connectivity index (χ4n) is 4.11. The lowest BCUT2D eigenvalue weighted by Crippen LogP contribution is -2.29. The molecule has 4 aromatic rings. The Hall–Kier alpha value is -3.56. The van der Waals surface area contributed by atoms with Crippen molar-refractivity contribution in [2.24, 2.45) is 7.05 Å². The first-order valence-electron chi connectivity index (χ1n) is 11.3. The van der Waals surface area contributed by atoms with Crippen LogP contribution in [0.2, 0.25) is 5.02 Å². The van der Waals surface area contributed by atoms with Gasteiger partial charge in [-0.3, -0.25) is 9.48 Å². The van der Waals surface area contributed by atoms with Gasteiger partial charge in [0.2, 0.25) is 5.95 Å². The van der Waals surface area contributed by atoms with E-state index < -0.39 is 11.9 Å². The number of nitrogens with zero attached hydrogens (tertiary/aromatic N) is 4. The van der Waals surface area contributed by atoms with Crippen LogP contribution >= 0.6 is 11.6 Å². The molecule has 1 amide bonds. The van der Waals surface area contributed by atoms with Crippen molar-refractivity contribution in [3.8, 4) is 0 Å². The van der Waals surface area contributed by atoms with E-state index in [1.165, 1.54) is 12.1 Å². The van der Waals surface area contributed by atoms with Crippen molar-refractivity contribution in [2.75, 3.05) is 18.5 Å². The summed E-state index contributed by atoms with van der Waals surface area (Å²) < 4.78 is 20.8. The molecule has 10 heteroatoms. The highest BCUT2D eigenvalue weighted by atomic mass is 35.5. The summed E-state index contributed by atoms with van der Waals surface area (Å²) in [6.45, 7) is 1.43. The van der Waals surface area contributed by atoms with Gasteiger partial charge in [0.15, 0.2) is 0 Å². The van der Waals surface area contributed by atoms with Gasteiger partial charge in [-0.05, 0) is 42.7 Å². The minimum absolute atomic E-state index is 0.0161. The van der Waals surface area contributed by atoms with Crippen molar-refractivity contribution in [2.45, 2.75) is 24.9 Å². The predicted octanol–water partition coefficient (Wildman–Crippen LogP) is 4.27. The summed E-state index contributed by atoms with van der Waals surface area (Å²) in [6.07, 6.45) is 6.98. The van der Waals surface area contributed by atoms with E-state index >= 15 is 0 Å². The van der Waals surface area contributed by atoms with Gasteiger partial charge < -0.3 is 15.4 Å². The second-order valence-corrected chi connectivity index (χ2v) is 8.93. The molecule has 0 spiro atoms. The zero-order valence-corrected chi connectivity index (χ0v) is 19.8. The lowest BCUT2D eigenvalue weighted by atomic mass is 10.0. The molecule has 35 heavy (non-hydrogen) atoms. The molecule has 0 aliphatic carbocycles. The molecular weight excluding hydrogens is 471 g/mol. The summed E-state index contributed by atoms with van der Waals surface area (Å²) in [5.41, 5.74) is 2.48. The number of carbonyl (C=O) groups excluding carboxylic acids is 1. The molecule has 0 bridgehead atoms. The highest BCUT2D eigenvalue weighted by Crippen LogP contribution is 2.27. The van der Waals surface area contributed by atoms with E-state index in [4.69, 9.17) is 16.3 Å². The van der Waals surface area contributed by atoms with Crippen LogP contribution in [0.1, 0.15) is 40.4 Å². The fraction of sp³-hybridized carbons (Fsp3) is 0.280. The number of hydrogen-bond acceptors (Lipinski definition) is 6. The molecule has 1 saturated heterocycles. The first kappa shape index (κ1) is 23.2. The second kappa shape index (κ2) is 9.97. The van der Waals surface area contributed by atoms with Crippen molar-refractivity contribution in [3.05, 3.63) is 82.5 Å². The van der Waals surface area contributed by atoms with Crippen molar-refractivity contribution in [1.82, 2.24) is 25.1 Å². The van der Waals surface area contributed by atoms with Crippen LogP contribution in [0.3, 0.4) is 0 Å². The number of carbonyl (C=O) groups is 1. The molecular formula is C25H24ClFN6O2. The number of ether oxygens (including phenoxy) is 1. The average Bonchev–Trinajstić information content (AvgIpc) is 3.30. The summed E-state index contributed by atoms with van der Waals surface area (Å²) >= 11 is 6.02. The van der Waals surface area contributed by atoms with Crippen molar-refractivity contribution in [1.29, 1.82) is 0 Å². The number of hydrogen-bond donors (Lipinski definition) is 2. The van der Waals surface area contributed by atoms with Crippen molar-refractivity contribution < 1.29 is 13.9 Å². The number of nitrogens with one attached hydrogen (secondary N) is 2. The molecule has 2 N–H and O–H groups in total. The Balaban J connectivity index is 1.41. The van der Waals surface area contributed by atoms with Crippen molar-refractivity contribution in [3.63, 3.8) is 0 Å². The van der Waals surface area contributed by atoms with Gasteiger partial charge in [0.1, 0.15) is 5.82 Å². The Bertz CT molecular complexity index is 1370. The van der Waals surface area contributed by atoms with Crippen LogP contribution in [0.25, 0.3) is 10.9 Å². The molecule has 1 aliphatic rings. The normalized spacial score (nSPS) is 15.2. The second-order valence-electron chi connectivity index (χ2n) is 8.53. The van der Waals surface area contributed by atoms with Crippen LogP contribution in [-0.4, -0.2) is 44.9 Å². The lowest BCUT2D eigenvalue weighted by molar-refractivity contribution is 0.0903. The Morgan fingerprint density at radius 3 is 2.74 bits per heavy atom. The number of aromatic nitrogens is 4. The zero-order chi connectivity index (χ0) is 24.4. The van der Waals surface area contributed by atoms with E-state index in [9.17, 15) is 9.18 Å². The Morgan fingerprint density at radius 1 is 1.17 bits per heavy atom. The van der Waals surface area contributed by atoms with Crippen molar-refractivity contribution >= 4 is 34.4 Å². The highest BCUT2D eigenvalue weighted by molar-refractivity contribution is 6.30. The highest BCUT2D eigenvalue weighted by Gasteiger charge is 2.21. The number of halogens is 2. The SMILES string of the molecule is Cn1cc(C(NC(=O)c2ccc3cnc(NC4CCOCC4)nc3c2)c2ccc(F)c(Cl)c2)cn1. The van der Waals surface area contributed by atoms with E-state index in [0.29, 0.717) is 35.8 Å². The molecule has 2 aromatic carbocycles. The third kappa shape index (κ3) is 5.26. The average molecular weight is 495 g/mol. The Labute approximate surface area is 206 Å². The maximum atomic E-state index is 13.8. The summed E-state index contributed by atoms with van der Waals surface area (Å²) in [5.74, 6) is -0.305. The third-order valence-corrected chi connectivity index (χ3v) is 6.30. The maximum Gasteiger partial charge on any atom is 0.252 e. The number of aryl methyl sites for hydroxylation is 1. The van der Waals surface area contributed by atoms with E-state index in [0.717, 1.165) is 23.8 Å². The molecule has 8 nitrogen and oxygen atoms in total. The van der Waals surface area contributed by atoms with Crippen LogP contribution in [0, 0.1) is 5.82 Å².